The Bertz CT molecular complexity index is 745. The first-order valence-corrected chi connectivity index (χ1v) is 12.5. The van der Waals surface area contributed by atoms with E-state index in [0.717, 1.165) is 70.4 Å². The van der Waals surface area contributed by atoms with E-state index < -0.39 is 0 Å². The quantitative estimate of drug-likeness (QED) is 0.641. The van der Waals surface area contributed by atoms with Crippen LogP contribution in [0.3, 0.4) is 0 Å². The molecule has 6 heteroatoms. The molecule has 1 aromatic heterocycles. The fourth-order valence-electron chi connectivity index (χ4n) is 5.78. The van der Waals surface area contributed by atoms with Crippen LogP contribution in [0.4, 0.5) is 0 Å². The summed E-state index contributed by atoms with van der Waals surface area (Å²) >= 11 is 0. The summed E-state index contributed by atoms with van der Waals surface area (Å²) in [6.07, 6.45) is 14.0. The van der Waals surface area contributed by atoms with E-state index in [0.29, 0.717) is 42.5 Å². The number of amides is 2. The van der Waals surface area contributed by atoms with Gasteiger partial charge in [0, 0.05) is 65.1 Å². The zero-order valence-electron chi connectivity index (χ0n) is 19.6. The fourth-order valence-corrected chi connectivity index (χ4v) is 5.78. The normalized spacial score (nSPS) is 23.4. The highest BCUT2D eigenvalue weighted by atomic mass is 16.5. The van der Waals surface area contributed by atoms with E-state index in [1.165, 1.54) is 12.8 Å². The average Bonchev–Trinajstić information content (AvgIpc) is 3.34. The summed E-state index contributed by atoms with van der Waals surface area (Å²) in [5.41, 5.74) is 1.47. The second-order valence-corrected chi connectivity index (χ2v) is 10.4. The number of nitrogens with zero attached hydrogens (tertiary/aromatic N) is 3. The molecule has 0 bridgehead atoms. The van der Waals surface area contributed by atoms with E-state index in [4.69, 9.17) is 4.74 Å². The number of hydrogen-bond acceptors (Lipinski definition) is 4. The fraction of sp³-hybridized carbons (Fsp3) is 0.731. The van der Waals surface area contributed by atoms with Crippen molar-refractivity contribution in [1.29, 1.82) is 0 Å². The Morgan fingerprint density at radius 3 is 2.59 bits per heavy atom. The molecule has 3 aliphatic rings. The summed E-state index contributed by atoms with van der Waals surface area (Å²) in [4.78, 5) is 33.4. The van der Waals surface area contributed by atoms with Crippen molar-refractivity contribution < 1.29 is 14.3 Å². The van der Waals surface area contributed by atoms with Gasteiger partial charge in [0.25, 0.3) is 0 Å². The maximum Gasteiger partial charge on any atom is 0.222 e. The standard InChI is InChI=1S/C26H39N3O3/c1-28(19-23-3-2-13-27-18-23)25(31)17-21-6-9-26(10-7-21)11-14-29(15-12-26)24(30)5-4-22-8-16-32-20-22/h2-3,13,18,21-22H,4-12,14-17,19-20H2,1H3. The molecule has 4 rings (SSSR count). The van der Waals surface area contributed by atoms with Crippen molar-refractivity contribution in [3.63, 3.8) is 0 Å². The first-order chi connectivity index (χ1) is 15.5. The lowest BCUT2D eigenvalue weighted by Gasteiger charge is -2.46. The molecule has 0 N–H and O–H groups in total. The van der Waals surface area contributed by atoms with E-state index in [1.54, 1.807) is 6.20 Å². The molecule has 1 atom stereocenters. The van der Waals surface area contributed by atoms with Crippen LogP contribution in [0, 0.1) is 17.3 Å². The van der Waals surface area contributed by atoms with Gasteiger partial charge in [-0.25, -0.2) is 0 Å². The van der Waals surface area contributed by atoms with Gasteiger partial charge in [-0.1, -0.05) is 6.07 Å². The van der Waals surface area contributed by atoms with Gasteiger partial charge in [0.1, 0.15) is 0 Å². The first kappa shape index (κ1) is 23.2. The van der Waals surface area contributed by atoms with Crippen molar-refractivity contribution in [2.24, 2.45) is 17.3 Å². The zero-order valence-corrected chi connectivity index (χ0v) is 19.6. The van der Waals surface area contributed by atoms with Gasteiger partial charge in [-0.05, 0) is 80.2 Å². The van der Waals surface area contributed by atoms with Crippen LogP contribution in [0.1, 0.15) is 69.8 Å². The Labute approximate surface area is 192 Å². The van der Waals surface area contributed by atoms with Crippen molar-refractivity contribution in [1.82, 2.24) is 14.8 Å². The second kappa shape index (κ2) is 10.8. The monoisotopic (exact) mass is 441 g/mol. The molecule has 2 amide bonds. The molecule has 6 nitrogen and oxygen atoms in total. The van der Waals surface area contributed by atoms with Crippen LogP contribution in [-0.4, -0.2) is 59.9 Å². The van der Waals surface area contributed by atoms with Crippen molar-refractivity contribution in [2.45, 2.75) is 70.8 Å². The Morgan fingerprint density at radius 1 is 1.16 bits per heavy atom. The molecule has 3 heterocycles. The maximum atomic E-state index is 12.7. The van der Waals surface area contributed by atoms with E-state index in [2.05, 4.69) is 9.88 Å². The minimum Gasteiger partial charge on any atom is -0.381 e. The third-order valence-corrected chi connectivity index (χ3v) is 8.16. The molecule has 1 spiro atoms. The van der Waals surface area contributed by atoms with E-state index >= 15 is 0 Å². The van der Waals surface area contributed by atoms with Crippen molar-refractivity contribution >= 4 is 11.8 Å². The summed E-state index contributed by atoms with van der Waals surface area (Å²) in [7, 11) is 1.89. The topological polar surface area (TPSA) is 62.7 Å². The van der Waals surface area contributed by atoms with Gasteiger partial charge in [-0.3, -0.25) is 14.6 Å². The van der Waals surface area contributed by atoms with Gasteiger partial charge in [0.15, 0.2) is 0 Å². The Kier molecular flexibility index (Phi) is 7.82. The van der Waals surface area contributed by atoms with Crippen LogP contribution in [0.2, 0.25) is 0 Å². The van der Waals surface area contributed by atoms with Crippen molar-refractivity contribution in [3.05, 3.63) is 30.1 Å². The van der Waals surface area contributed by atoms with E-state index in [9.17, 15) is 9.59 Å². The first-order valence-electron chi connectivity index (χ1n) is 12.5. The predicted molar refractivity (Wildman–Crippen MR) is 124 cm³/mol. The molecule has 1 aliphatic carbocycles. The lowest BCUT2D eigenvalue weighted by atomic mass is 9.65. The maximum absolute atomic E-state index is 12.7. The minimum atomic E-state index is 0.239. The molecule has 2 saturated heterocycles. The van der Waals surface area contributed by atoms with Crippen molar-refractivity contribution in [2.75, 3.05) is 33.4 Å². The number of likely N-dealkylation sites (tertiary alicyclic amines) is 1. The lowest BCUT2D eigenvalue weighted by Crippen LogP contribution is -2.44. The SMILES string of the molecule is CN(Cc1cccnc1)C(=O)CC1CCC2(CC1)CCN(C(=O)CCC1CCOC1)CC2. The molecule has 0 aromatic carbocycles. The van der Waals surface area contributed by atoms with E-state index in [1.807, 2.05) is 30.3 Å². The van der Waals surface area contributed by atoms with Gasteiger partial charge >= 0.3 is 0 Å². The minimum absolute atomic E-state index is 0.239. The predicted octanol–water partition coefficient (Wildman–Crippen LogP) is 4.05. The highest BCUT2D eigenvalue weighted by molar-refractivity contribution is 5.76. The van der Waals surface area contributed by atoms with Crippen LogP contribution in [0.15, 0.2) is 24.5 Å². The number of aromatic nitrogens is 1. The second-order valence-electron chi connectivity index (χ2n) is 10.4. The molecule has 2 aliphatic heterocycles. The summed E-state index contributed by atoms with van der Waals surface area (Å²) in [5, 5.41) is 0. The van der Waals surface area contributed by atoms with Gasteiger partial charge in [0.05, 0.1) is 0 Å². The number of piperidine rings is 1. The molecule has 32 heavy (non-hydrogen) atoms. The number of carbonyl (C=O) groups excluding carboxylic acids is 2. The summed E-state index contributed by atoms with van der Waals surface area (Å²) in [6.45, 7) is 4.15. The molecule has 176 valence electrons. The van der Waals surface area contributed by atoms with Crippen molar-refractivity contribution in [3.8, 4) is 0 Å². The smallest absolute Gasteiger partial charge is 0.222 e. The molecule has 1 unspecified atom stereocenters. The number of carbonyl (C=O) groups is 2. The van der Waals surface area contributed by atoms with Gasteiger partial charge in [0.2, 0.25) is 11.8 Å². The van der Waals surface area contributed by atoms with Gasteiger partial charge in [-0.15, -0.1) is 0 Å². The largest absolute Gasteiger partial charge is 0.381 e. The summed E-state index contributed by atoms with van der Waals surface area (Å²) in [6, 6.07) is 3.93. The lowest BCUT2D eigenvalue weighted by molar-refractivity contribution is -0.135. The van der Waals surface area contributed by atoms with Crippen LogP contribution in [0.5, 0.6) is 0 Å². The van der Waals surface area contributed by atoms with Crippen LogP contribution in [0.25, 0.3) is 0 Å². The van der Waals surface area contributed by atoms with Crippen LogP contribution >= 0.6 is 0 Å². The third-order valence-electron chi connectivity index (χ3n) is 8.16. The molecule has 1 saturated carbocycles. The number of hydrogen-bond donors (Lipinski definition) is 0. The van der Waals surface area contributed by atoms with Gasteiger partial charge in [-0.2, -0.15) is 0 Å². The van der Waals surface area contributed by atoms with Crippen LogP contribution < -0.4 is 0 Å². The van der Waals surface area contributed by atoms with E-state index in [-0.39, 0.29) is 5.91 Å². The summed E-state index contributed by atoms with van der Waals surface area (Å²) < 4.78 is 5.43. The Hall–Kier alpha value is -1.95. The highest BCUT2D eigenvalue weighted by Gasteiger charge is 2.39. The molecule has 1 aromatic rings. The summed E-state index contributed by atoms with van der Waals surface area (Å²) in [5.74, 6) is 1.65. The molecule has 0 radical (unpaired) electrons. The average molecular weight is 442 g/mol. The Morgan fingerprint density at radius 2 is 1.94 bits per heavy atom. The molecular weight excluding hydrogens is 402 g/mol. The number of ether oxygens (including phenoxy) is 1. The Balaban J connectivity index is 1.16. The molecular formula is C26H39N3O3. The number of rotatable bonds is 7. The third kappa shape index (κ3) is 6.09. The highest BCUT2D eigenvalue weighted by Crippen LogP contribution is 2.47. The zero-order chi connectivity index (χ0) is 22.4. The molecule has 3 fully saturated rings. The van der Waals surface area contributed by atoms with Crippen LogP contribution in [-0.2, 0) is 20.9 Å². The number of pyridine rings is 1. The van der Waals surface area contributed by atoms with Gasteiger partial charge < -0.3 is 14.5 Å².